The maximum atomic E-state index is 12.3. The van der Waals surface area contributed by atoms with Gasteiger partial charge in [-0.1, -0.05) is 24.3 Å². The molecule has 7 heteroatoms. The third-order valence-electron chi connectivity index (χ3n) is 4.35. The van der Waals surface area contributed by atoms with Crippen LogP contribution in [0.15, 0.2) is 70.8 Å². The molecule has 1 aliphatic rings. The number of imidazole rings is 1. The molecule has 1 N–H and O–H groups in total. The van der Waals surface area contributed by atoms with E-state index in [9.17, 15) is 4.79 Å². The van der Waals surface area contributed by atoms with Gasteiger partial charge in [0.05, 0.1) is 10.6 Å². The molecule has 0 atom stereocenters. The number of hydrogen-bond acceptors (Lipinski definition) is 5. The van der Waals surface area contributed by atoms with Gasteiger partial charge in [-0.3, -0.25) is 4.79 Å². The quantitative estimate of drug-likeness (QED) is 0.647. The van der Waals surface area contributed by atoms with Crippen LogP contribution >= 0.6 is 11.8 Å². The highest BCUT2D eigenvalue weighted by Gasteiger charge is 2.23. The molecule has 1 aliphatic heterocycles. The van der Waals surface area contributed by atoms with Crippen LogP contribution in [0.2, 0.25) is 0 Å². The first kappa shape index (κ1) is 19.0. The van der Waals surface area contributed by atoms with Gasteiger partial charge in [-0.05, 0) is 60.2 Å². The number of ether oxygens (including phenoxy) is 1. The maximum absolute atomic E-state index is 12.3. The minimum Gasteiger partial charge on any atom is -0.486 e. The van der Waals surface area contributed by atoms with Crippen LogP contribution in [0.5, 0.6) is 5.75 Å². The molecule has 6 nitrogen and oxygen atoms in total. The smallest absolute Gasteiger partial charge is 0.264 e. The number of carbonyl (C=O) groups is 1. The molecule has 146 valence electrons. The van der Waals surface area contributed by atoms with Crippen LogP contribution in [0, 0.1) is 6.92 Å². The molecule has 0 radical (unpaired) electrons. The summed E-state index contributed by atoms with van der Waals surface area (Å²) in [5.41, 5.74) is 2.87. The Hall–Kier alpha value is -3.32. The molecule has 4 rings (SSSR count). The van der Waals surface area contributed by atoms with Crippen molar-refractivity contribution in [3.05, 3.63) is 82.8 Å². The van der Waals surface area contributed by atoms with Crippen molar-refractivity contribution in [1.29, 1.82) is 0 Å². The first-order valence-corrected chi connectivity index (χ1v) is 9.94. The van der Waals surface area contributed by atoms with Gasteiger partial charge in [-0.25, -0.2) is 9.98 Å². The molecule has 0 bridgehead atoms. The van der Waals surface area contributed by atoms with Crippen LogP contribution in [0.1, 0.15) is 17.0 Å². The Kier molecular flexibility index (Phi) is 5.48. The lowest BCUT2D eigenvalue weighted by molar-refractivity contribution is -0.115. The van der Waals surface area contributed by atoms with Crippen molar-refractivity contribution in [2.45, 2.75) is 13.5 Å². The van der Waals surface area contributed by atoms with Crippen LogP contribution in [0.4, 0.5) is 5.69 Å². The fourth-order valence-corrected chi connectivity index (χ4v) is 3.63. The average Bonchev–Trinajstić information content (AvgIpc) is 3.26. The van der Waals surface area contributed by atoms with Crippen molar-refractivity contribution in [3.8, 4) is 5.75 Å². The number of hydrogen-bond donors (Lipinski definition) is 1. The number of amidine groups is 1. The summed E-state index contributed by atoms with van der Waals surface area (Å²) in [6.07, 6.45) is 5.48. The first-order chi connectivity index (χ1) is 14.1. The van der Waals surface area contributed by atoms with Gasteiger partial charge in [0.2, 0.25) is 0 Å². The van der Waals surface area contributed by atoms with Gasteiger partial charge in [-0.2, -0.15) is 0 Å². The number of aryl methyl sites for hydroxylation is 2. The molecular formula is C22H20N4O2S. The van der Waals surface area contributed by atoms with Crippen LogP contribution in [-0.2, 0) is 18.4 Å². The lowest BCUT2D eigenvalue weighted by Gasteiger charge is -2.06. The molecule has 1 aromatic heterocycles. The summed E-state index contributed by atoms with van der Waals surface area (Å²) in [6.45, 7) is 2.42. The number of thioether (sulfide) groups is 1. The Balaban J connectivity index is 1.42. The van der Waals surface area contributed by atoms with Crippen LogP contribution < -0.4 is 10.1 Å². The Labute approximate surface area is 173 Å². The number of rotatable bonds is 5. The summed E-state index contributed by atoms with van der Waals surface area (Å²) in [6, 6.07) is 15.5. The van der Waals surface area contributed by atoms with E-state index in [0.717, 1.165) is 28.4 Å². The molecule has 29 heavy (non-hydrogen) atoms. The predicted molar refractivity (Wildman–Crippen MR) is 116 cm³/mol. The molecule has 1 fully saturated rings. The van der Waals surface area contributed by atoms with Gasteiger partial charge in [0.15, 0.2) is 5.17 Å². The van der Waals surface area contributed by atoms with Crippen LogP contribution in [-0.4, -0.2) is 20.6 Å². The van der Waals surface area contributed by atoms with E-state index in [1.54, 1.807) is 6.20 Å². The number of amides is 1. The van der Waals surface area contributed by atoms with Crippen molar-refractivity contribution in [2.75, 3.05) is 0 Å². The van der Waals surface area contributed by atoms with E-state index in [0.29, 0.717) is 16.7 Å². The topological polar surface area (TPSA) is 68.5 Å². The van der Waals surface area contributed by atoms with Crippen molar-refractivity contribution < 1.29 is 9.53 Å². The number of carbonyl (C=O) groups excluding carboxylic acids is 1. The highest BCUT2D eigenvalue weighted by Crippen LogP contribution is 2.28. The van der Waals surface area contributed by atoms with Crippen LogP contribution in [0.25, 0.3) is 6.08 Å². The number of aliphatic imine (C=N–C) groups is 1. The second kappa shape index (κ2) is 8.36. The molecule has 0 spiro atoms. The lowest BCUT2D eigenvalue weighted by atomic mass is 10.2. The number of benzene rings is 2. The molecule has 1 amide bonds. The number of nitrogens with zero attached hydrogens (tertiary/aromatic N) is 3. The standard InChI is InChI=1S/C22H20N4O2S/c1-15-4-3-5-17(12-15)24-22-25-21(27)19(29-22)13-16-6-8-18(9-7-16)28-14-20-23-10-11-26(20)2/h3-13H,14H2,1-2H3,(H,24,25,27). The second-order valence-corrected chi connectivity index (χ2v) is 7.66. The Bertz CT molecular complexity index is 1100. The molecule has 2 heterocycles. The predicted octanol–water partition coefficient (Wildman–Crippen LogP) is 4.20. The van der Waals surface area contributed by atoms with E-state index in [-0.39, 0.29) is 5.91 Å². The second-order valence-electron chi connectivity index (χ2n) is 6.63. The largest absolute Gasteiger partial charge is 0.486 e. The Morgan fingerprint density at radius 2 is 2.07 bits per heavy atom. The van der Waals surface area contributed by atoms with Crippen molar-refractivity contribution in [2.24, 2.45) is 12.0 Å². The van der Waals surface area contributed by atoms with Crippen molar-refractivity contribution in [3.63, 3.8) is 0 Å². The normalized spacial score (nSPS) is 16.4. The molecule has 2 aromatic carbocycles. The Morgan fingerprint density at radius 3 is 2.79 bits per heavy atom. The zero-order chi connectivity index (χ0) is 20.2. The monoisotopic (exact) mass is 404 g/mol. The average molecular weight is 404 g/mol. The third kappa shape index (κ3) is 4.75. The Morgan fingerprint density at radius 1 is 1.24 bits per heavy atom. The number of aromatic nitrogens is 2. The molecule has 3 aromatic rings. The fraction of sp³-hybridized carbons (Fsp3) is 0.136. The minimum absolute atomic E-state index is 0.142. The van der Waals surface area contributed by atoms with E-state index in [1.165, 1.54) is 11.8 Å². The van der Waals surface area contributed by atoms with Gasteiger partial charge in [0.25, 0.3) is 5.91 Å². The van der Waals surface area contributed by atoms with Crippen molar-refractivity contribution in [1.82, 2.24) is 14.9 Å². The summed E-state index contributed by atoms with van der Waals surface area (Å²) < 4.78 is 7.68. The summed E-state index contributed by atoms with van der Waals surface area (Å²) in [4.78, 5) is 21.6. The SMILES string of the molecule is Cc1cccc(N=C2NC(=O)C(=Cc3ccc(OCc4nccn4C)cc3)S2)c1. The van der Waals surface area contributed by atoms with E-state index in [4.69, 9.17) is 4.74 Å². The summed E-state index contributed by atoms with van der Waals surface area (Å²) in [5.74, 6) is 1.47. The lowest BCUT2D eigenvalue weighted by Crippen LogP contribution is -2.19. The van der Waals surface area contributed by atoms with E-state index in [2.05, 4.69) is 15.3 Å². The van der Waals surface area contributed by atoms with E-state index >= 15 is 0 Å². The van der Waals surface area contributed by atoms with E-state index < -0.39 is 0 Å². The van der Waals surface area contributed by atoms with Gasteiger partial charge >= 0.3 is 0 Å². The zero-order valence-corrected chi connectivity index (χ0v) is 16.9. The highest BCUT2D eigenvalue weighted by atomic mass is 32.2. The minimum atomic E-state index is -0.142. The summed E-state index contributed by atoms with van der Waals surface area (Å²) in [7, 11) is 1.93. The molecule has 0 saturated carbocycles. The fourth-order valence-electron chi connectivity index (χ4n) is 2.79. The summed E-state index contributed by atoms with van der Waals surface area (Å²) in [5, 5.41) is 3.40. The van der Waals surface area contributed by atoms with Gasteiger partial charge in [0.1, 0.15) is 18.2 Å². The molecule has 0 aliphatic carbocycles. The third-order valence-corrected chi connectivity index (χ3v) is 5.26. The molecule has 0 unspecified atom stereocenters. The van der Waals surface area contributed by atoms with E-state index in [1.807, 2.05) is 79.3 Å². The van der Waals surface area contributed by atoms with Crippen molar-refractivity contribution >= 4 is 34.6 Å². The maximum Gasteiger partial charge on any atom is 0.264 e. The van der Waals surface area contributed by atoms with Crippen LogP contribution in [0.3, 0.4) is 0 Å². The first-order valence-electron chi connectivity index (χ1n) is 9.12. The van der Waals surface area contributed by atoms with Gasteiger partial charge in [-0.15, -0.1) is 0 Å². The zero-order valence-electron chi connectivity index (χ0n) is 16.1. The van der Waals surface area contributed by atoms with Gasteiger partial charge < -0.3 is 14.6 Å². The molecule has 1 saturated heterocycles. The summed E-state index contributed by atoms with van der Waals surface area (Å²) >= 11 is 1.34. The highest BCUT2D eigenvalue weighted by molar-refractivity contribution is 8.18. The van der Waals surface area contributed by atoms with Gasteiger partial charge in [0, 0.05) is 19.4 Å². The molecular weight excluding hydrogens is 384 g/mol. The number of nitrogens with one attached hydrogen (secondary N) is 1.